The van der Waals surface area contributed by atoms with Crippen LogP contribution in [0.3, 0.4) is 0 Å². The molecule has 0 aliphatic rings. The summed E-state index contributed by atoms with van der Waals surface area (Å²) >= 11 is 0. The third kappa shape index (κ3) is 4.84. The molecular formula is C14H22FNO. The number of benzene rings is 1. The lowest BCUT2D eigenvalue weighted by Crippen LogP contribution is -2.26. The highest BCUT2D eigenvalue weighted by atomic mass is 19.1. The van der Waals surface area contributed by atoms with E-state index in [4.69, 9.17) is 0 Å². The van der Waals surface area contributed by atoms with Crippen LogP contribution >= 0.6 is 0 Å². The molecule has 1 unspecified atom stereocenters. The first-order valence-corrected chi connectivity index (χ1v) is 6.11. The molecule has 0 bridgehead atoms. The average molecular weight is 239 g/mol. The topological polar surface area (TPSA) is 23.5 Å². The maximum absolute atomic E-state index is 13.4. The molecule has 17 heavy (non-hydrogen) atoms. The molecule has 0 aliphatic carbocycles. The zero-order valence-electron chi connectivity index (χ0n) is 10.9. The van der Waals surface area contributed by atoms with Crippen molar-refractivity contribution in [3.05, 3.63) is 35.6 Å². The Morgan fingerprint density at radius 2 is 1.94 bits per heavy atom. The lowest BCUT2D eigenvalue weighted by molar-refractivity contribution is 0.121. The normalized spacial score (nSPS) is 13.4. The van der Waals surface area contributed by atoms with Gasteiger partial charge in [0.1, 0.15) is 5.82 Å². The van der Waals surface area contributed by atoms with Gasteiger partial charge >= 0.3 is 0 Å². The van der Waals surface area contributed by atoms with E-state index < -0.39 is 6.10 Å². The highest BCUT2D eigenvalue weighted by molar-refractivity contribution is 5.19. The summed E-state index contributed by atoms with van der Waals surface area (Å²) in [6.07, 6.45) is 0.328. The van der Waals surface area contributed by atoms with Crippen molar-refractivity contribution in [2.24, 2.45) is 5.92 Å². The Bertz CT molecular complexity index is 341. The van der Waals surface area contributed by atoms with Gasteiger partial charge in [-0.1, -0.05) is 32.0 Å². The first kappa shape index (κ1) is 14.1. The molecular weight excluding hydrogens is 217 g/mol. The van der Waals surface area contributed by atoms with Gasteiger partial charge in [0.2, 0.25) is 0 Å². The monoisotopic (exact) mass is 239 g/mol. The highest BCUT2D eigenvalue weighted by Crippen LogP contribution is 2.17. The Kier molecular flexibility index (Phi) is 5.59. The maximum Gasteiger partial charge on any atom is 0.129 e. The number of halogens is 1. The van der Waals surface area contributed by atoms with Crippen LogP contribution in [0.15, 0.2) is 24.3 Å². The summed E-state index contributed by atoms with van der Waals surface area (Å²) < 4.78 is 13.4. The smallest absolute Gasteiger partial charge is 0.129 e. The predicted molar refractivity (Wildman–Crippen MR) is 68.3 cm³/mol. The van der Waals surface area contributed by atoms with Crippen LogP contribution in [0.4, 0.5) is 4.39 Å². The number of rotatable bonds is 6. The van der Waals surface area contributed by atoms with Crippen LogP contribution in [0.25, 0.3) is 0 Å². The van der Waals surface area contributed by atoms with Crippen molar-refractivity contribution in [1.82, 2.24) is 4.90 Å². The fourth-order valence-corrected chi connectivity index (χ4v) is 1.71. The zero-order valence-corrected chi connectivity index (χ0v) is 10.9. The van der Waals surface area contributed by atoms with Crippen molar-refractivity contribution >= 4 is 0 Å². The molecule has 1 atom stereocenters. The number of hydrogen-bond acceptors (Lipinski definition) is 2. The fourth-order valence-electron chi connectivity index (χ4n) is 1.71. The largest absolute Gasteiger partial charge is 0.387 e. The third-order valence-corrected chi connectivity index (χ3v) is 2.84. The van der Waals surface area contributed by atoms with Gasteiger partial charge in [0.15, 0.2) is 0 Å². The minimum atomic E-state index is -0.756. The Morgan fingerprint density at radius 1 is 1.29 bits per heavy atom. The van der Waals surface area contributed by atoms with E-state index in [1.54, 1.807) is 18.2 Å². The molecule has 0 saturated heterocycles. The van der Waals surface area contributed by atoms with Gasteiger partial charge in [-0.3, -0.25) is 0 Å². The lowest BCUT2D eigenvalue weighted by Gasteiger charge is -2.21. The van der Waals surface area contributed by atoms with E-state index in [-0.39, 0.29) is 5.82 Å². The molecule has 2 nitrogen and oxygen atoms in total. The number of aliphatic hydroxyl groups is 1. The number of nitrogens with zero attached hydrogens (tertiary/aromatic N) is 1. The molecule has 1 N–H and O–H groups in total. The van der Waals surface area contributed by atoms with Crippen molar-refractivity contribution in [3.63, 3.8) is 0 Å². The fraction of sp³-hybridized carbons (Fsp3) is 0.571. The van der Waals surface area contributed by atoms with Gasteiger partial charge in [0, 0.05) is 12.1 Å². The van der Waals surface area contributed by atoms with Crippen molar-refractivity contribution in [3.8, 4) is 0 Å². The van der Waals surface area contributed by atoms with Gasteiger partial charge < -0.3 is 10.0 Å². The van der Waals surface area contributed by atoms with Crippen LogP contribution in [-0.4, -0.2) is 30.1 Å². The summed E-state index contributed by atoms with van der Waals surface area (Å²) in [4.78, 5) is 2.04. The maximum atomic E-state index is 13.4. The Hall–Kier alpha value is -0.930. The van der Waals surface area contributed by atoms with Gasteiger partial charge in [-0.05, 0) is 32.0 Å². The molecule has 1 aromatic rings. The SMILES string of the molecule is CC(C)CCN(C)CC(O)c1ccccc1F. The molecule has 3 heteroatoms. The summed E-state index contributed by atoms with van der Waals surface area (Å²) in [6.45, 7) is 5.72. The van der Waals surface area contributed by atoms with Gasteiger partial charge in [-0.2, -0.15) is 0 Å². The highest BCUT2D eigenvalue weighted by Gasteiger charge is 2.14. The van der Waals surface area contributed by atoms with Gasteiger partial charge in [-0.15, -0.1) is 0 Å². The van der Waals surface area contributed by atoms with E-state index >= 15 is 0 Å². The van der Waals surface area contributed by atoms with Crippen LogP contribution in [0, 0.1) is 11.7 Å². The minimum Gasteiger partial charge on any atom is -0.387 e. The first-order valence-electron chi connectivity index (χ1n) is 6.11. The van der Waals surface area contributed by atoms with Crippen LogP contribution in [-0.2, 0) is 0 Å². The lowest BCUT2D eigenvalue weighted by atomic mass is 10.1. The van der Waals surface area contributed by atoms with E-state index in [1.165, 1.54) is 6.07 Å². The molecule has 0 aliphatic heterocycles. The molecule has 96 valence electrons. The number of aliphatic hydroxyl groups excluding tert-OH is 1. The zero-order chi connectivity index (χ0) is 12.8. The van der Waals surface area contributed by atoms with Gasteiger partial charge in [-0.25, -0.2) is 4.39 Å². The van der Waals surface area contributed by atoms with E-state index in [0.717, 1.165) is 13.0 Å². The summed E-state index contributed by atoms with van der Waals surface area (Å²) in [7, 11) is 1.95. The minimum absolute atomic E-state index is 0.336. The Morgan fingerprint density at radius 3 is 2.53 bits per heavy atom. The van der Waals surface area contributed by atoms with E-state index in [2.05, 4.69) is 13.8 Å². The van der Waals surface area contributed by atoms with Crippen molar-refractivity contribution in [1.29, 1.82) is 0 Å². The van der Waals surface area contributed by atoms with Gasteiger partial charge in [0.25, 0.3) is 0 Å². The first-order chi connectivity index (χ1) is 8.00. The molecule has 0 heterocycles. The van der Waals surface area contributed by atoms with E-state index in [0.29, 0.717) is 18.0 Å². The van der Waals surface area contributed by atoms with Crippen LogP contribution in [0.2, 0.25) is 0 Å². The van der Waals surface area contributed by atoms with Crippen molar-refractivity contribution in [2.75, 3.05) is 20.1 Å². The van der Waals surface area contributed by atoms with Crippen LogP contribution in [0.1, 0.15) is 31.9 Å². The average Bonchev–Trinajstić information content (AvgIpc) is 2.26. The third-order valence-electron chi connectivity index (χ3n) is 2.84. The quantitative estimate of drug-likeness (QED) is 0.825. The summed E-state index contributed by atoms with van der Waals surface area (Å²) in [5.41, 5.74) is 0.379. The van der Waals surface area contributed by atoms with Crippen LogP contribution < -0.4 is 0 Å². The molecule has 0 spiro atoms. The van der Waals surface area contributed by atoms with Crippen molar-refractivity contribution < 1.29 is 9.50 Å². The molecule has 0 radical (unpaired) electrons. The molecule has 0 fully saturated rings. The summed E-state index contributed by atoms with van der Waals surface area (Å²) in [6, 6.07) is 6.40. The molecule has 0 aromatic heterocycles. The number of hydrogen-bond donors (Lipinski definition) is 1. The second-order valence-electron chi connectivity index (χ2n) is 4.98. The second kappa shape index (κ2) is 6.72. The molecule has 0 saturated carbocycles. The Labute approximate surface area is 103 Å². The van der Waals surface area contributed by atoms with Gasteiger partial charge in [0.05, 0.1) is 6.10 Å². The second-order valence-corrected chi connectivity index (χ2v) is 4.98. The van der Waals surface area contributed by atoms with E-state index in [9.17, 15) is 9.50 Å². The van der Waals surface area contributed by atoms with E-state index in [1.807, 2.05) is 11.9 Å². The summed E-state index contributed by atoms with van der Waals surface area (Å²) in [5, 5.41) is 9.96. The molecule has 0 amide bonds. The number of likely N-dealkylation sites (N-methyl/N-ethyl adjacent to an activating group) is 1. The molecule has 1 rings (SSSR count). The van der Waals surface area contributed by atoms with Crippen LogP contribution in [0.5, 0.6) is 0 Å². The predicted octanol–water partition coefficient (Wildman–Crippen LogP) is 2.84. The molecule has 1 aromatic carbocycles. The summed E-state index contributed by atoms with van der Waals surface area (Å²) in [5.74, 6) is 0.306. The Balaban J connectivity index is 2.49. The van der Waals surface area contributed by atoms with Crippen molar-refractivity contribution in [2.45, 2.75) is 26.4 Å². The standard InChI is InChI=1S/C14H22FNO/c1-11(2)8-9-16(3)10-14(17)12-6-4-5-7-13(12)15/h4-7,11,14,17H,8-10H2,1-3H3.